The lowest BCUT2D eigenvalue weighted by molar-refractivity contribution is -0.144. The predicted molar refractivity (Wildman–Crippen MR) is 72.7 cm³/mol. The number of aromatic hydroxyl groups is 1. The average molecular weight is 273 g/mol. The molecule has 1 N–H and O–H groups in total. The summed E-state index contributed by atoms with van der Waals surface area (Å²) in [5.41, 5.74) is 1.28. The van der Waals surface area contributed by atoms with Crippen LogP contribution in [0.15, 0.2) is 42.6 Å². The molecule has 1 heterocycles. The molecule has 0 bridgehead atoms. The Morgan fingerprint density at radius 2 is 2.05 bits per heavy atom. The van der Waals surface area contributed by atoms with Crippen LogP contribution in [0.3, 0.4) is 0 Å². The molecule has 0 unspecified atom stereocenters. The number of aldehydes is 1. The van der Waals surface area contributed by atoms with Crippen molar-refractivity contribution in [3.05, 3.63) is 53.9 Å². The maximum Gasteiger partial charge on any atom is 0.329 e. The van der Waals surface area contributed by atoms with E-state index in [1.54, 1.807) is 47.2 Å². The van der Waals surface area contributed by atoms with Crippen molar-refractivity contribution < 1.29 is 19.4 Å². The van der Waals surface area contributed by atoms with Crippen molar-refractivity contribution in [2.24, 2.45) is 0 Å². The van der Waals surface area contributed by atoms with Crippen molar-refractivity contribution in [1.29, 1.82) is 0 Å². The Balaban J connectivity index is 2.31. The van der Waals surface area contributed by atoms with Gasteiger partial charge < -0.3 is 14.4 Å². The third-order valence-corrected chi connectivity index (χ3v) is 3.11. The van der Waals surface area contributed by atoms with Crippen LogP contribution in [0.1, 0.15) is 22.1 Å². The highest BCUT2D eigenvalue weighted by Crippen LogP contribution is 2.20. The summed E-state index contributed by atoms with van der Waals surface area (Å²) in [5, 5.41) is 9.27. The minimum Gasteiger partial charge on any atom is -0.508 e. The minimum atomic E-state index is -0.611. The normalized spacial score (nSPS) is 11.8. The highest BCUT2D eigenvalue weighted by atomic mass is 16.5. The highest BCUT2D eigenvalue weighted by Gasteiger charge is 2.23. The number of esters is 1. The van der Waals surface area contributed by atoms with Gasteiger partial charge in [0.05, 0.1) is 12.8 Å². The number of carbonyl (C=O) groups is 2. The Morgan fingerprint density at radius 3 is 2.65 bits per heavy atom. The molecule has 104 valence electrons. The Kier molecular flexibility index (Phi) is 4.20. The lowest BCUT2D eigenvalue weighted by Crippen LogP contribution is -2.24. The third kappa shape index (κ3) is 2.88. The molecule has 5 heteroatoms. The number of carbonyl (C=O) groups excluding carboxylic acids is 2. The molecule has 0 amide bonds. The first-order chi connectivity index (χ1) is 9.65. The van der Waals surface area contributed by atoms with Crippen LogP contribution < -0.4 is 0 Å². The van der Waals surface area contributed by atoms with Crippen LogP contribution in [0.4, 0.5) is 0 Å². The maximum absolute atomic E-state index is 11.9. The topological polar surface area (TPSA) is 68.5 Å². The van der Waals surface area contributed by atoms with Gasteiger partial charge in [-0.2, -0.15) is 0 Å². The quantitative estimate of drug-likeness (QED) is 0.668. The number of hydrogen-bond acceptors (Lipinski definition) is 4. The number of phenolic OH excluding ortho intramolecular Hbond substituents is 1. The van der Waals surface area contributed by atoms with Gasteiger partial charge in [0.1, 0.15) is 11.8 Å². The van der Waals surface area contributed by atoms with E-state index in [-0.39, 0.29) is 5.75 Å². The predicted octanol–water partition coefficient (Wildman–Crippen LogP) is 1.96. The first-order valence-corrected chi connectivity index (χ1v) is 6.13. The van der Waals surface area contributed by atoms with Crippen LogP contribution in [-0.2, 0) is 16.0 Å². The number of benzene rings is 1. The summed E-state index contributed by atoms with van der Waals surface area (Å²) in [6.07, 6.45) is 2.75. The second-order valence-electron chi connectivity index (χ2n) is 4.37. The summed E-state index contributed by atoms with van der Waals surface area (Å²) in [7, 11) is 1.32. The van der Waals surface area contributed by atoms with Crippen molar-refractivity contribution in [2.45, 2.75) is 12.5 Å². The summed E-state index contributed by atoms with van der Waals surface area (Å²) in [6, 6.07) is 9.31. The molecule has 0 spiro atoms. The van der Waals surface area contributed by atoms with Crippen molar-refractivity contribution in [3.63, 3.8) is 0 Å². The molecule has 0 aliphatic rings. The molecule has 2 aromatic rings. The second-order valence-corrected chi connectivity index (χ2v) is 4.37. The SMILES string of the molecule is COC(=O)[C@H](Cc1ccc(O)cc1)n1cccc1C=O. The van der Waals surface area contributed by atoms with Gasteiger partial charge in [0, 0.05) is 12.6 Å². The molecule has 0 radical (unpaired) electrons. The molecular formula is C15H15NO4. The van der Waals surface area contributed by atoms with Crippen LogP contribution >= 0.6 is 0 Å². The van der Waals surface area contributed by atoms with Gasteiger partial charge in [-0.1, -0.05) is 12.1 Å². The number of ether oxygens (including phenoxy) is 1. The van der Waals surface area contributed by atoms with Gasteiger partial charge in [-0.25, -0.2) is 4.79 Å². The number of methoxy groups -OCH3 is 1. The molecule has 1 aromatic heterocycles. The first kappa shape index (κ1) is 13.9. The standard InChI is InChI=1S/C15H15NO4/c1-20-15(19)14(16-8-2-3-12(16)10-17)9-11-4-6-13(18)7-5-11/h2-8,10,14,18H,9H2,1H3/t14-/m0/s1. The van der Waals surface area contributed by atoms with Gasteiger partial charge >= 0.3 is 5.97 Å². The van der Waals surface area contributed by atoms with E-state index in [1.165, 1.54) is 7.11 Å². The van der Waals surface area contributed by atoms with E-state index in [4.69, 9.17) is 4.74 Å². The number of nitrogens with zero attached hydrogens (tertiary/aromatic N) is 1. The Morgan fingerprint density at radius 1 is 1.35 bits per heavy atom. The van der Waals surface area contributed by atoms with E-state index in [9.17, 15) is 14.7 Å². The van der Waals surface area contributed by atoms with Gasteiger partial charge in [0.15, 0.2) is 6.29 Å². The zero-order valence-electron chi connectivity index (χ0n) is 11.0. The molecule has 0 aliphatic heterocycles. The first-order valence-electron chi connectivity index (χ1n) is 6.13. The lowest BCUT2D eigenvalue weighted by atomic mass is 10.1. The van der Waals surface area contributed by atoms with Crippen LogP contribution in [0, 0.1) is 0 Å². The van der Waals surface area contributed by atoms with E-state index in [0.29, 0.717) is 18.4 Å². The Labute approximate surface area is 116 Å². The molecule has 0 saturated heterocycles. The van der Waals surface area contributed by atoms with Crippen molar-refractivity contribution in [3.8, 4) is 5.75 Å². The number of phenols is 1. The smallest absolute Gasteiger partial charge is 0.329 e. The van der Waals surface area contributed by atoms with Crippen LogP contribution in [0.25, 0.3) is 0 Å². The molecule has 0 fully saturated rings. The number of hydrogen-bond donors (Lipinski definition) is 1. The van der Waals surface area contributed by atoms with E-state index >= 15 is 0 Å². The van der Waals surface area contributed by atoms with Gasteiger partial charge in [-0.15, -0.1) is 0 Å². The van der Waals surface area contributed by atoms with Gasteiger partial charge in [0.25, 0.3) is 0 Å². The second kappa shape index (κ2) is 6.06. The Hall–Kier alpha value is -2.56. The van der Waals surface area contributed by atoms with Crippen LogP contribution in [0.2, 0.25) is 0 Å². The highest BCUT2D eigenvalue weighted by molar-refractivity contribution is 5.78. The molecule has 0 saturated carbocycles. The molecule has 2 rings (SSSR count). The average Bonchev–Trinajstić information content (AvgIpc) is 2.94. The van der Waals surface area contributed by atoms with Crippen molar-refractivity contribution >= 4 is 12.3 Å². The van der Waals surface area contributed by atoms with E-state index in [0.717, 1.165) is 5.56 Å². The monoisotopic (exact) mass is 273 g/mol. The van der Waals surface area contributed by atoms with Gasteiger partial charge in [-0.3, -0.25) is 4.79 Å². The summed E-state index contributed by atoms with van der Waals surface area (Å²) in [4.78, 5) is 22.9. The zero-order chi connectivity index (χ0) is 14.5. The van der Waals surface area contributed by atoms with E-state index < -0.39 is 12.0 Å². The third-order valence-electron chi connectivity index (χ3n) is 3.11. The summed E-state index contributed by atoms with van der Waals surface area (Å²) < 4.78 is 6.40. The number of rotatable bonds is 5. The minimum absolute atomic E-state index is 0.165. The van der Waals surface area contributed by atoms with Crippen molar-refractivity contribution in [2.75, 3.05) is 7.11 Å². The fourth-order valence-electron chi connectivity index (χ4n) is 2.08. The molecular weight excluding hydrogens is 258 g/mol. The zero-order valence-corrected chi connectivity index (χ0v) is 11.0. The van der Waals surface area contributed by atoms with E-state index in [2.05, 4.69) is 0 Å². The fourth-order valence-corrected chi connectivity index (χ4v) is 2.08. The number of aromatic nitrogens is 1. The molecule has 20 heavy (non-hydrogen) atoms. The Bertz CT molecular complexity index is 601. The van der Waals surface area contributed by atoms with Crippen LogP contribution in [-0.4, -0.2) is 29.0 Å². The molecule has 1 atom stereocenters. The largest absolute Gasteiger partial charge is 0.508 e. The maximum atomic E-state index is 11.9. The molecule has 0 aliphatic carbocycles. The van der Waals surface area contributed by atoms with E-state index in [1.807, 2.05) is 0 Å². The van der Waals surface area contributed by atoms with Crippen molar-refractivity contribution in [1.82, 2.24) is 4.57 Å². The summed E-state index contributed by atoms with van der Waals surface area (Å²) in [6.45, 7) is 0. The van der Waals surface area contributed by atoms with Crippen LogP contribution in [0.5, 0.6) is 5.75 Å². The molecule has 1 aromatic carbocycles. The summed E-state index contributed by atoms with van der Waals surface area (Å²) in [5.74, 6) is -0.254. The molecule has 5 nitrogen and oxygen atoms in total. The van der Waals surface area contributed by atoms with Gasteiger partial charge in [-0.05, 0) is 29.8 Å². The summed E-state index contributed by atoms with van der Waals surface area (Å²) >= 11 is 0. The fraction of sp³-hybridized carbons (Fsp3) is 0.200. The lowest BCUT2D eigenvalue weighted by Gasteiger charge is -2.18. The van der Waals surface area contributed by atoms with Gasteiger partial charge in [0.2, 0.25) is 0 Å².